The molecule has 34 heteroatoms. The first-order valence-corrected chi connectivity index (χ1v) is 29.9. The van der Waals surface area contributed by atoms with Gasteiger partial charge in [0.05, 0.1) is 31.4 Å². The number of aromatic hydroxyl groups is 1. The first-order valence-electron chi connectivity index (χ1n) is 29.9. The van der Waals surface area contributed by atoms with Gasteiger partial charge in [0.2, 0.25) is 65.0 Å². The Balaban J connectivity index is 3.49. The Morgan fingerprint density at radius 1 is 0.424 bits per heavy atom. The number of hydrogen-bond donors (Lipinski definition) is 19. The minimum Gasteiger partial charge on any atom is -0.508 e. The number of amides is 11. The van der Waals surface area contributed by atoms with Gasteiger partial charge in [-0.2, -0.15) is 0 Å². The van der Waals surface area contributed by atoms with E-state index < -0.39 is 205 Å². The van der Waals surface area contributed by atoms with Crippen LogP contribution in [0.4, 0.5) is 0 Å². The van der Waals surface area contributed by atoms with E-state index in [4.69, 9.17) is 17.2 Å². The maximum Gasteiger partial charge on any atom is 0.326 e. The number of carboxylic acid groups (broad SMARTS) is 4. The number of aliphatic hydroxyl groups is 1. The molecule has 34 nitrogen and oxygen atoms in total. The molecule has 0 saturated carbocycles. The average Bonchev–Trinajstić information content (AvgIpc) is 0.977. The smallest absolute Gasteiger partial charge is 0.326 e. The Kier molecular flexibility index (Phi) is 35.2. The molecular weight excluding hydrogens is 1210 g/mol. The van der Waals surface area contributed by atoms with E-state index in [1.807, 2.05) is 5.32 Å². The van der Waals surface area contributed by atoms with Gasteiger partial charge in [0, 0.05) is 6.42 Å². The predicted molar refractivity (Wildman–Crippen MR) is 325 cm³/mol. The van der Waals surface area contributed by atoms with E-state index >= 15 is 0 Å². The highest BCUT2D eigenvalue weighted by Gasteiger charge is 2.39. The Hall–Kier alpha value is -9.05. The number of unbranched alkanes of at least 4 members (excludes halogenated alkanes) is 1. The molecule has 0 bridgehead atoms. The summed E-state index contributed by atoms with van der Waals surface area (Å²) in [5.74, 6) is -21.2. The van der Waals surface area contributed by atoms with E-state index in [-0.39, 0.29) is 49.8 Å². The van der Waals surface area contributed by atoms with Crippen molar-refractivity contribution < 1.29 is 103 Å². The van der Waals surface area contributed by atoms with Crippen LogP contribution in [0.2, 0.25) is 0 Å². The number of nitrogens with two attached hydrogens (primary N) is 3. The number of nitrogens with one attached hydrogen (secondary N) is 10. The largest absolute Gasteiger partial charge is 0.508 e. The summed E-state index contributed by atoms with van der Waals surface area (Å²) >= 11 is 0. The molecule has 0 unspecified atom stereocenters. The first-order chi connectivity index (χ1) is 42.8. The average molecular weight is 1310 g/mol. The lowest BCUT2D eigenvalue weighted by Crippen LogP contribution is -2.63. The summed E-state index contributed by atoms with van der Waals surface area (Å²) in [5.41, 5.74) is 17.6. The van der Waals surface area contributed by atoms with Crippen molar-refractivity contribution >= 4 is 88.9 Å². The fraction of sp³-hybridized carbons (Fsp3) is 0.638. The van der Waals surface area contributed by atoms with E-state index in [1.54, 1.807) is 27.7 Å². The second kappa shape index (κ2) is 39.9. The maximum atomic E-state index is 14.0. The molecule has 0 aromatic heterocycles. The normalized spacial score (nSPS) is 15.2. The zero-order chi connectivity index (χ0) is 70.4. The van der Waals surface area contributed by atoms with E-state index in [2.05, 4.69) is 47.9 Å². The molecular formula is C58H93N13O21. The third-order valence-electron chi connectivity index (χ3n) is 13.9. The molecule has 0 radical (unpaired) electrons. The standard InChI is InChI=1S/C58H93N13O21/c1-26(2)20-36(50(83)63-35(58(91)92)12-10-11-19-59)65-51(84)37(21-27(3)4)64-49(82)34(17-18-42(75)76)62-52(85)38(23-41(61)74)66-57(90)47(30(9)72)71-54(87)40(25-44(79)80)68-56(89)46(29(7)8)70-53(86)39(24-43(77)78)67-55(88)45(28(5)6)69-48(81)33(60)22-31-13-15-32(73)16-14-31/h13-16,26-30,33-40,45-47,72-73H,10-12,17-25,59-60H2,1-9H3,(H2,61,74)(H,62,85)(H,63,83)(H,64,82)(H,65,84)(H,66,90)(H,67,88)(H,68,89)(H,69,81)(H,70,86)(H,71,87)(H,75,76)(H,77,78)(H,79,80)(H,91,92)/t30-,33+,34+,35+,36+,37+,38+,39+,40+,45+,46+,47+/m1/s1. The molecule has 1 aromatic rings. The Bertz CT molecular complexity index is 2750. The lowest BCUT2D eigenvalue weighted by atomic mass is 9.99. The lowest BCUT2D eigenvalue weighted by Gasteiger charge is -2.29. The fourth-order valence-electron chi connectivity index (χ4n) is 8.97. The summed E-state index contributed by atoms with van der Waals surface area (Å²) < 4.78 is 0. The van der Waals surface area contributed by atoms with E-state index in [1.165, 1.54) is 52.0 Å². The number of rotatable bonds is 43. The number of primary amides is 1. The van der Waals surface area contributed by atoms with Crippen LogP contribution >= 0.6 is 0 Å². The van der Waals surface area contributed by atoms with E-state index in [0.29, 0.717) is 18.4 Å². The number of carbonyl (C=O) groups excluding carboxylic acids is 11. The Labute approximate surface area is 531 Å². The van der Waals surface area contributed by atoms with Crippen molar-refractivity contribution in [2.75, 3.05) is 6.54 Å². The molecule has 0 aliphatic carbocycles. The molecule has 0 saturated heterocycles. The fourth-order valence-corrected chi connectivity index (χ4v) is 8.97. The number of aliphatic carboxylic acids is 4. The predicted octanol–water partition coefficient (Wildman–Crippen LogP) is -4.20. The molecule has 22 N–H and O–H groups in total. The van der Waals surface area contributed by atoms with Gasteiger partial charge in [-0.15, -0.1) is 0 Å². The van der Waals surface area contributed by atoms with Gasteiger partial charge >= 0.3 is 23.9 Å². The van der Waals surface area contributed by atoms with Gasteiger partial charge < -0.3 is 101 Å². The molecule has 12 atom stereocenters. The van der Waals surface area contributed by atoms with Crippen molar-refractivity contribution in [3.63, 3.8) is 0 Å². The van der Waals surface area contributed by atoms with Crippen molar-refractivity contribution in [1.29, 1.82) is 0 Å². The molecule has 92 heavy (non-hydrogen) atoms. The number of carboxylic acids is 4. The second-order valence-electron chi connectivity index (χ2n) is 23.8. The number of phenolic OH excluding ortho intramolecular Hbond substituents is 1. The topological polar surface area (TPSA) is 576 Å². The summed E-state index contributed by atoms with van der Waals surface area (Å²) in [6.07, 6.45) is -6.00. The molecule has 11 amide bonds. The molecule has 0 aliphatic heterocycles. The minimum absolute atomic E-state index is 0.0113. The highest BCUT2D eigenvalue weighted by molar-refractivity contribution is 6.01. The number of benzene rings is 1. The van der Waals surface area contributed by atoms with Crippen LogP contribution in [0.3, 0.4) is 0 Å². The van der Waals surface area contributed by atoms with Crippen LogP contribution in [0.1, 0.15) is 132 Å². The lowest BCUT2D eigenvalue weighted by molar-refractivity contribution is -0.143. The van der Waals surface area contributed by atoms with Gasteiger partial charge in [0.1, 0.15) is 66.2 Å². The van der Waals surface area contributed by atoms with Crippen LogP contribution in [-0.4, -0.2) is 199 Å². The Morgan fingerprint density at radius 3 is 1.16 bits per heavy atom. The molecule has 0 spiro atoms. The molecule has 0 aliphatic rings. The van der Waals surface area contributed by atoms with Crippen LogP contribution in [0, 0.1) is 23.7 Å². The first kappa shape index (κ1) is 81.0. The van der Waals surface area contributed by atoms with Crippen molar-refractivity contribution in [2.24, 2.45) is 40.9 Å². The SMILES string of the molecule is CC(C)C[C@H](NC(=O)[C@H](CC(C)C)NC(=O)[C@H](CCC(=O)O)NC(=O)[C@H](CC(N)=O)NC(=O)[C@@H](NC(=O)[C@H](CC(=O)O)NC(=O)[C@@H](NC(=O)[C@H](CC(=O)O)NC(=O)[C@@H](NC(=O)[C@@H](N)Cc1ccc(O)cc1)C(C)C)C(C)C)[C@@H](C)O)C(=O)N[C@@H](CCCCN)C(=O)O. The third kappa shape index (κ3) is 30.2. The molecule has 1 aromatic carbocycles. The van der Waals surface area contributed by atoms with E-state index in [9.17, 15) is 103 Å². The summed E-state index contributed by atoms with van der Waals surface area (Å²) in [7, 11) is 0. The number of hydrogen-bond acceptors (Lipinski definition) is 19. The Morgan fingerprint density at radius 2 is 0.783 bits per heavy atom. The molecule has 1 rings (SSSR count). The van der Waals surface area contributed by atoms with Gasteiger partial charge in [-0.25, -0.2) is 4.79 Å². The highest BCUT2D eigenvalue weighted by Crippen LogP contribution is 2.15. The molecule has 0 fully saturated rings. The minimum atomic E-state index is -2.16. The van der Waals surface area contributed by atoms with Crippen molar-refractivity contribution in [3.8, 4) is 5.75 Å². The van der Waals surface area contributed by atoms with Crippen molar-refractivity contribution in [3.05, 3.63) is 29.8 Å². The summed E-state index contributed by atoms with van der Waals surface area (Å²) in [4.78, 5) is 198. The van der Waals surface area contributed by atoms with Crippen LogP contribution in [0.25, 0.3) is 0 Å². The van der Waals surface area contributed by atoms with Crippen molar-refractivity contribution in [2.45, 2.75) is 206 Å². The van der Waals surface area contributed by atoms with Crippen LogP contribution < -0.4 is 70.4 Å². The van der Waals surface area contributed by atoms with Gasteiger partial charge in [0.25, 0.3) is 0 Å². The number of aliphatic hydroxyl groups excluding tert-OH is 1. The molecule has 516 valence electrons. The quantitative estimate of drug-likeness (QED) is 0.0276. The zero-order valence-electron chi connectivity index (χ0n) is 53.1. The summed E-state index contributed by atoms with van der Waals surface area (Å²) in [5, 5.41) is 82.2. The van der Waals surface area contributed by atoms with Crippen molar-refractivity contribution in [1.82, 2.24) is 53.2 Å². The van der Waals surface area contributed by atoms with Crippen LogP contribution in [0.15, 0.2) is 24.3 Å². The van der Waals surface area contributed by atoms with E-state index in [0.717, 1.165) is 6.92 Å². The van der Waals surface area contributed by atoms with Crippen LogP contribution in [0.5, 0.6) is 5.75 Å². The summed E-state index contributed by atoms with van der Waals surface area (Å²) in [6, 6.07) is -12.8. The van der Waals surface area contributed by atoms with Gasteiger partial charge in [-0.3, -0.25) is 67.1 Å². The molecule has 0 heterocycles. The zero-order valence-corrected chi connectivity index (χ0v) is 53.1. The van der Waals surface area contributed by atoms with Gasteiger partial charge in [-0.05, 0) is 99.8 Å². The highest BCUT2D eigenvalue weighted by atomic mass is 16.4. The number of phenols is 1. The van der Waals surface area contributed by atoms with Gasteiger partial charge in [0.15, 0.2) is 0 Å². The maximum absolute atomic E-state index is 14.0. The van der Waals surface area contributed by atoms with Gasteiger partial charge in [-0.1, -0.05) is 67.5 Å². The van der Waals surface area contributed by atoms with Crippen LogP contribution in [-0.2, 0) is 78.3 Å². The number of carbonyl (C=O) groups is 15. The third-order valence-corrected chi connectivity index (χ3v) is 13.9. The summed E-state index contributed by atoms with van der Waals surface area (Å²) in [6.45, 7) is 13.8. The second-order valence-corrected chi connectivity index (χ2v) is 23.8. The monoisotopic (exact) mass is 1310 g/mol.